The van der Waals surface area contributed by atoms with Crippen molar-refractivity contribution in [3.05, 3.63) is 68.9 Å². The summed E-state index contributed by atoms with van der Waals surface area (Å²) in [4.78, 5) is 5.06. The van der Waals surface area contributed by atoms with Crippen molar-refractivity contribution in [3.63, 3.8) is 0 Å². The smallest absolute Gasteiger partial charge is 0.147 e. The summed E-state index contributed by atoms with van der Waals surface area (Å²) in [5, 5.41) is 9.78. The van der Waals surface area contributed by atoms with Crippen LogP contribution >= 0.6 is 46.6 Å². The van der Waals surface area contributed by atoms with Crippen molar-refractivity contribution in [3.8, 4) is 17.1 Å². The van der Waals surface area contributed by atoms with E-state index in [0.717, 1.165) is 65.2 Å². The zero-order valence-electron chi connectivity index (χ0n) is 17.4. The van der Waals surface area contributed by atoms with Crippen molar-refractivity contribution >= 4 is 51.6 Å². The van der Waals surface area contributed by atoms with Crippen LogP contribution in [0.1, 0.15) is 38.1 Å². The van der Waals surface area contributed by atoms with E-state index in [1.807, 2.05) is 36.4 Å². The van der Waals surface area contributed by atoms with Crippen LogP contribution in [0.25, 0.3) is 17.1 Å². The van der Waals surface area contributed by atoms with Crippen LogP contribution in [0.2, 0.25) is 15.1 Å². The average molecular weight is 494 g/mol. The summed E-state index contributed by atoms with van der Waals surface area (Å²) in [7, 11) is 0. The molecule has 0 saturated heterocycles. The maximum Gasteiger partial charge on any atom is 0.147 e. The molecule has 0 saturated carbocycles. The number of benzene rings is 2. The van der Waals surface area contributed by atoms with Crippen LogP contribution in [-0.2, 0) is 6.42 Å². The van der Waals surface area contributed by atoms with Crippen molar-refractivity contribution in [1.82, 2.24) is 14.6 Å². The molecule has 0 atom stereocenters. The monoisotopic (exact) mass is 492 g/mol. The van der Waals surface area contributed by atoms with Crippen LogP contribution in [0.4, 0.5) is 0 Å². The van der Waals surface area contributed by atoms with Crippen LogP contribution in [0.3, 0.4) is 0 Å². The highest BCUT2D eigenvalue weighted by Gasteiger charge is 2.26. The van der Waals surface area contributed by atoms with Gasteiger partial charge in [-0.1, -0.05) is 66.8 Å². The van der Waals surface area contributed by atoms with Crippen LogP contribution in [0, 0.1) is 0 Å². The molecule has 31 heavy (non-hydrogen) atoms. The molecular weight excluding hydrogens is 471 g/mol. The fourth-order valence-electron chi connectivity index (χ4n) is 3.56. The number of hydrogen-bond donors (Lipinski definition) is 0. The zero-order chi connectivity index (χ0) is 22.0. The molecule has 2 aromatic carbocycles. The Morgan fingerprint density at radius 2 is 1.74 bits per heavy atom. The van der Waals surface area contributed by atoms with E-state index in [9.17, 15) is 0 Å². The number of imidazole rings is 1. The second-order valence-corrected chi connectivity index (χ2v) is 9.50. The lowest BCUT2D eigenvalue weighted by Crippen LogP contribution is -2.13. The minimum Gasteiger partial charge on any atom is -0.296 e. The predicted molar refractivity (Wildman–Crippen MR) is 134 cm³/mol. The average Bonchev–Trinajstić information content (AvgIpc) is 3.37. The first-order valence-corrected chi connectivity index (χ1v) is 12.4. The molecule has 2 heterocycles. The van der Waals surface area contributed by atoms with E-state index in [1.54, 1.807) is 17.8 Å². The maximum absolute atomic E-state index is 6.59. The van der Waals surface area contributed by atoms with E-state index in [1.165, 1.54) is 0 Å². The van der Waals surface area contributed by atoms with Gasteiger partial charge in [0.1, 0.15) is 16.6 Å². The Bertz CT molecular complexity index is 1110. The summed E-state index contributed by atoms with van der Waals surface area (Å²) < 4.78 is 2.15. The van der Waals surface area contributed by atoms with Gasteiger partial charge < -0.3 is 0 Å². The maximum atomic E-state index is 6.59. The van der Waals surface area contributed by atoms with E-state index in [2.05, 4.69) is 23.4 Å². The minimum absolute atomic E-state index is 0.563. The quantitative estimate of drug-likeness (QED) is 0.341. The topological polar surface area (TPSA) is 33.4 Å². The molecule has 0 bridgehead atoms. The molecule has 162 valence electrons. The molecule has 0 unspecified atom stereocenters. The Balaban J connectivity index is 1.88. The summed E-state index contributed by atoms with van der Waals surface area (Å²) in [5.74, 6) is 1.62. The van der Waals surface area contributed by atoms with Crippen LogP contribution in [-0.4, -0.2) is 32.0 Å². The lowest BCUT2D eigenvalue weighted by molar-refractivity contribution is 0.340. The van der Waals surface area contributed by atoms with Crippen molar-refractivity contribution in [2.24, 2.45) is 5.10 Å². The second kappa shape index (κ2) is 9.86. The van der Waals surface area contributed by atoms with Gasteiger partial charge in [-0.05, 0) is 55.3 Å². The SMILES string of the molecule is CCCCN1CSC(c2nc(-c3ccc(Cl)cc3Cl)n(-c3ccc(Cl)cc3)c2CC)=N1. The van der Waals surface area contributed by atoms with E-state index in [0.29, 0.717) is 15.1 Å². The van der Waals surface area contributed by atoms with Gasteiger partial charge in [0, 0.05) is 27.8 Å². The first-order chi connectivity index (χ1) is 15.0. The molecule has 0 fully saturated rings. The number of rotatable bonds is 7. The third-order valence-corrected chi connectivity index (χ3v) is 6.89. The fraction of sp³-hybridized carbons (Fsp3) is 0.304. The molecule has 1 aromatic heterocycles. The highest BCUT2D eigenvalue weighted by molar-refractivity contribution is 8.14. The number of aromatic nitrogens is 2. The first kappa shape index (κ1) is 22.5. The van der Waals surface area contributed by atoms with Gasteiger partial charge in [-0.2, -0.15) is 5.10 Å². The lowest BCUT2D eigenvalue weighted by Gasteiger charge is -2.13. The van der Waals surface area contributed by atoms with Gasteiger partial charge in [0.25, 0.3) is 0 Å². The molecular formula is C23H23Cl3N4S. The van der Waals surface area contributed by atoms with Gasteiger partial charge in [0.05, 0.1) is 16.6 Å². The van der Waals surface area contributed by atoms with Crippen LogP contribution in [0.5, 0.6) is 0 Å². The highest BCUT2D eigenvalue weighted by Crippen LogP contribution is 2.36. The fourth-order valence-corrected chi connectivity index (χ4v) is 5.11. The third kappa shape index (κ3) is 4.75. The molecule has 4 rings (SSSR count). The van der Waals surface area contributed by atoms with Crippen LogP contribution in [0.15, 0.2) is 47.6 Å². The first-order valence-electron chi connectivity index (χ1n) is 10.3. The van der Waals surface area contributed by atoms with Gasteiger partial charge in [0.15, 0.2) is 0 Å². The summed E-state index contributed by atoms with van der Waals surface area (Å²) in [6, 6.07) is 13.3. The molecule has 3 aromatic rings. The second-order valence-electron chi connectivity index (χ2n) is 7.28. The number of thioether (sulfide) groups is 1. The Hall–Kier alpha value is -1.66. The van der Waals surface area contributed by atoms with Gasteiger partial charge in [-0.25, -0.2) is 4.98 Å². The van der Waals surface area contributed by atoms with E-state index in [-0.39, 0.29) is 0 Å². The molecule has 4 nitrogen and oxygen atoms in total. The number of nitrogens with zero attached hydrogens (tertiary/aromatic N) is 4. The molecule has 1 aliphatic heterocycles. The standard InChI is InChI=1S/C23H23Cl3N4S/c1-3-5-12-29-14-31-23(28-29)21-20(4-2)30(17-9-6-15(24)7-10-17)22(27-21)18-11-8-16(25)13-19(18)26/h6-11,13H,3-5,12,14H2,1-2H3. The van der Waals surface area contributed by atoms with Crippen molar-refractivity contribution < 1.29 is 0 Å². The number of halogens is 3. The highest BCUT2D eigenvalue weighted by atomic mass is 35.5. The number of unbranched alkanes of at least 4 members (excludes halogenated alkanes) is 1. The molecule has 0 N–H and O–H groups in total. The third-order valence-electron chi connectivity index (χ3n) is 5.12. The van der Waals surface area contributed by atoms with Gasteiger partial charge >= 0.3 is 0 Å². The Morgan fingerprint density at radius 1 is 1.00 bits per heavy atom. The number of hydrogen-bond acceptors (Lipinski definition) is 4. The van der Waals surface area contributed by atoms with Gasteiger partial charge in [-0.3, -0.25) is 9.58 Å². The minimum atomic E-state index is 0.563. The molecule has 1 aliphatic rings. The van der Waals surface area contributed by atoms with E-state index >= 15 is 0 Å². The predicted octanol–water partition coefficient (Wildman–Crippen LogP) is 7.53. The van der Waals surface area contributed by atoms with E-state index < -0.39 is 0 Å². The number of hydrazone groups is 1. The molecule has 8 heteroatoms. The Kier molecular flexibility index (Phi) is 7.17. The summed E-state index contributed by atoms with van der Waals surface area (Å²) in [5.41, 5.74) is 3.80. The Labute approximate surface area is 202 Å². The summed E-state index contributed by atoms with van der Waals surface area (Å²) in [6.45, 7) is 5.29. The molecule has 0 radical (unpaired) electrons. The van der Waals surface area contributed by atoms with Gasteiger partial charge in [0.2, 0.25) is 0 Å². The molecule has 0 spiro atoms. The summed E-state index contributed by atoms with van der Waals surface area (Å²) in [6.07, 6.45) is 3.07. The lowest BCUT2D eigenvalue weighted by atomic mass is 10.2. The van der Waals surface area contributed by atoms with Crippen molar-refractivity contribution in [1.29, 1.82) is 0 Å². The van der Waals surface area contributed by atoms with Crippen LogP contribution < -0.4 is 0 Å². The Morgan fingerprint density at radius 3 is 2.42 bits per heavy atom. The molecule has 0 aliphatic carbocycles. The largest absolute Gasteiger partial charge is 0.296 e. The van der Waals surface area contributed by atoms with Crippen molar-refractivity contribution in [2.45, 2.75) is 33.1 Å². The van der Waals surface area contributed by atoms with Crippen molar-refractivity contribution in [2.75, 3.05) is 12.4 Å². The van der Waals surface area contributed by atoms with Gasteiger partial charge in [-0.15, -0.1) is 0 Å². The van der Waals surface area contributed by atoms with E-state index in [4.69, 9.17) is 44.9 Å². The normalized spacial score (nSPS) is 13.7. The zero-order valence-corrected chi connectivity index (χ0v) is 20.5. The summed E-state index contributed by atoms with van der Waals surface area (Å²) >= 11 is 20.6. The molecule has 0 amide bonds.